The van der Waals surface area contributed by atoms with Crippen LogP contribution in [0, 0.1) is 52.3 Å². The molecule has 0 aromatic heterocycles. The van der Waals surface area contributed by atoms with Gasteiger partial charge in [0, 0.05) is 6.42 Å². The molecule has 0 radical (unpaired) electrons. The maximum Gasteiger partial charge on any atom is 0.306 e. The highest BCUT2D eigenvalue weighted by Gasteiger charge is 2.64. The maximum atomic E-state index is 12.6. The molecule has 0 aromatic rings. The van der Waals surface area contributed by atoms with Gasteiger partial charge in [0.25, 0.3) is 0 Å². The molecule has 4 saturated carbocycles. The maximum absolute atomic E-state index is 12.6. The third-order valence-corrected chi connectivity index (χ3v) is 9.87. The minimum absolute atomic E-state index is 0.0765. The van der Waals surface area contributed by atoms with Gasteiger partial charge in [-0.05, 0) is 104 Å². The fraction of sp³-hybridized carbons (Fsp3) is 0.885. The summed E-state index contributed by atoms with van der Waals surface area (Å²) < 4.78 is 5.92. The zero-order valence-electron chi connectivity index (χ0n) is 18.5. The summed E-state index contributed by atoms with van der Waals surface area (Å²) in [4.78, 5) is 12.6. The molecule has 0 amide bonds. The number of ether oxygens (including phenoxy) is 1. The minimum atomic E-state index is 0.0765. The number of hydrogen-bond donors (Lipinski definition) is 0. The molecule has 0 aromatic carbocycles. The largest absolute Gasteiger partial charge is 0.462 e. The fourth-order valence-corrected chi connectivity index (χ4v) is 8.45. The highest BCUT2D eigenvalue weighted by atomic mass is 16.5. The number of carbonyl (C=O) groups excluding carboxylic acids is 1. The summed E-state index contributed by atoms with van der Waals surface area (Å²) in [6.45, 7) is 9.52. The zero-order valence-corrected chi connectivity index (χ0v) is 18.5. The molecule has 7 unspecified atom stereocenters. The lowest BCUT2D eigenvalue weighted by Gasteiger charge is -2.43. The molecule has 7 atom stereocenters. The van der Waals surface area contributed by atoms with Gasteiger partial charge in [-0.3, -0.25) is 4.79 Å². The first-order valence-electron chi connectivity index (χ1n) is 12.1. The monoisotopic (exact) mass is 384 g/mol. The summed E-state index contributed by atoms with van der Waals surface area (Å²) in [6, 6.07) is 0. The van der Waals surface area contributed by atoms with Crippen LogP contribution in [-0.2, 0) is 9.53 Å². The van der Waals surface area contributed by atoms with Crippen LogP contribution in [0.4, 0.5) is 0 Å². The van der Waals surface area contributed by atoms with E-state index in [9.17, 15) is 4.79 Å². The van der Waals surface area contributed by atoms with Crippen LogP contribution in [0.5, 0.6) is 0 Å². The van der Waals surface area contributed by atoms with Gasteiger partial charge < -0.3 is 4.74 Å². The van der Waals surface area contributed by atoms with Crippen molar-refractivity contribution in [1.29, 1.82) is 0 Å². The van der Waals surface area contributed by atoms with E-state index in [1.165, 1.54) is 32.1 Å². The lowest BCUT2D eigenvalue weighted by atomic mass is 9.61. The molecule has 0 spiro atoms. The molecule has 0 aliphatic heterocycles. The third-order valence-electron chi connectivity index (χ3n) is 9.87. The lowest BCUT2D eigenvalue weighted by Crippen LogP contribution is -2.37. The van der Waals surface area contributed by atoms with E-state index < -0.39 is 0 Å². The highest BCUT2D eigenvalue weighted by Crippen LogP contribution is 2.71. The summed E-state index contributed by atoms with van der Waals surface area (Å²) in [6.07, 6.45) is 15.7. The number of carbonyl (C=O) groups is 1. The molecule has 5 aliphatic carbocycles. The van der Waals surface area contributed by atoms with Gasteiger partial charge in [-0.2, -0.15) is 0 Å². The Kier molecular flexibility index (Phi) is 4.53. The van der Waals surface area contributed by atoms with Crippen molar-refractivity contribution < 1.29 is 9.53 Å². The van der Waals surface area contributed by atoms with Gasteiger partial charge >= 0.3 is 5.97 Å². The molecule has 4 bridgehead atoms. The summed E-state index contributed by atoms with van der Waals surface area (Å²) in [7, 11) is 0. The standard InChI is InChI=1S/C26H40O2/c1-25(2,3)19-7-9-20(10-8-19)28-22(27)11-12-26(4)15-18-14-21(26)24-17-6-5-16(13-17)23(18)24/h5-6,16-21,23-24H,7-15H2,1-4H3. The van der Waals surface area contributed by atoms with E-state index in [4.69, 9.17) is 4.74 Å². The van der Waals surface area contributed by atoms with Gasteiger partial charge in [-0.25, -0.2) is 0 Å². The SMILES string of the molecule is CC(C)(C)C1CCC(OC(=O)CCC2(C)CC3CC2C2C4C=CC(C4)C32)CC1. The number of fused-ring (bicyclic) bond motifs is 9. The Morgan fingerprint density at radius 2 is 1.71 bits per heavy atom. The third kappa shape index (κ3) is 3.08. The van der Waals surface area contributed by atoms with Crippen LogP contribution in [0.15, 0.2) is 12.2 Å². The van der Waals surface area contributed by atoms with Crippen LogP contribution in [0.1, 0.15) is 85.5 Å². The van der Waals surface area contributed by atoms with E-state index in [2.05, 4.69) is 39.8 Å². The first-order chi connectivity index (χ1) is 13.2. The van der Waals surface area contributed by atoms with Gasteiger partial charge in [-0.15, -0.1) is 0 Å². The van der Waals surface area contributed by atoms with Gasteiger partial charge in [0.2, 0.25) is 0 Å². The molecule has 5 aliphatic rings. The quantitative estimate of drug-likeness (QED) is 0.318. The second-order valence-corrected chi connectivity index (χ2v) is 12.4. The summed E-state index contributed by atoms with van der Waals surface area (Å²) in [5, 5.41) is 0. The first-order valence-corrected chi connectivity index (χ1v) is 12.1. The van der Waals surface area contributed by atoms with Crippen molar-refractivity contribution in [2.45, 2.75) is 91.6 Å². The van der Waals surface area contributed by atoms with Crippen molar-refractivity contribution in [3.63, 3.8) is 0 Å². The van der Waals surface area contributed by atoms with Crippen LogP contribution in [0.3, 0.4) is 0 Å². The molecule has 2 heteroatoms. The smallest absolute Gasteiger partial charge is 0.306 e. The molecule has 156 valence electrons. The molecular weight excluding hydrogens is 344 g/mol. The molecular formula is C26H40O2. The highest BCUT2D eigenvalue weighted by molar-refractivity contribution is 5.69. The Balaban J connectivity index is 1.12. The zero-order chi connectivity index (χ0) is 19.7. The Labute approximate surface area is 171 Å². The molecule has 0 heterocycles. The predicted molar refractivity (Wildman–Crippen MR) is 113 cm³/mol. The molecule has 4 fully saturated rings. The van der Waals surface area contributed by atoms with E-state index >= 15 is 0 Å². The number of allylic oxidation sites excluding steroid dienone is 2. The van der Waals surface area contributed by atoms with E-state index in [1.807, 2.05) is 0 Å². The lowest BCUT2D eigenvalue weighted by molar-refractivity contribution is -0.152. The van der Waals surface area contributed by atoms with E-state index in [-0.39, 0.29) is 12.1 Å². The summed E-state index contributed by atoms with van der Waals surface area (Å²) in [5.41, 5.74) is 0.769. The van der Waals surface area contributed by atoms with Crippen molar-refractivity contribution in [2.75, 3.05) is 0 Å². The number of esters is 1. The Hall–Kier alpha value is -0.790. The second kappa shape index (κ2) is 6.61. The van der Waals surface area contributed by atoms with E-state index in [0.29, 0.717) is 17.3 Å². The Morgan fingerprint density at radius 1 is 1.04 bits per heavy atom. The van der Waals surface area contributed by atoms with Crippen LogP contribution in [0.2, 0.25) is 0 Å². The average molecular weight is 385 g/mol. The van der Waals surface area contributed by atoms with Gasteiger partial charge in [0.05, 0.1) is 0 Å². The normalized spacial score (nSPS) is 48.9. The van der Waals surface area contributed by atoms with Crippen LogP contribution in [0.25, 0.3) is 0 Å². The van der Waals surface area contributed by atoms with Crippen LogP contribution in [-0.4, -0.2) is 12.1 Å². The summed E-state index contributed by atoms with van der Waals surface area (Å²) >= 11 is 0. The van der Waals surface area contributed by atoms with Crippen molar-refractivity contribution in [3.05, 3.63) is 12.2 Å². The average Bonchev–Trinajstić information content (AvgIpc) is 3.38. The predicted octanol–water partition coefficient (Wildman–Crippen LogP) is 6.40. The first kappa shape index (κ1) is 19.2. The number of rotatable bonds is 4. The van der Waals surface area contributed by atoms with Crippen molar-refractivity contribution in [1.82, 2.24) is 0 Å². The van der Waals surface area contributed by atoms with E-state index in [0.717, 1.165) is 60.7 Å². The van der Waals surface area contributed by atoms with Gasteiger partial charge in [0.15, 0.2) is 0 Å². The van der Waals surface area contributed by atoms with Crippen molar-refractivity contribution >= 4 is 5.97 Å². The second-order valence-electron chi connectivity index (χ2n) is 12.4. The van der Waals surface area contributed by atoms with Crippen LogP contribution < -0.4 is 0 Å². The Bertz CT molecular complexity index is 650. The van der Waals surface area contributed by atoms with E-state index in [1.54, 1.807) is 0 Å². The number of hydrogen-bond acceptors (Lipinski definition) is 2. The van der Waals surface area contributed by atoms with Crippen molar-refractivity contribution in [2.24, 2.45) is 52.3 Å². The van der Waals surface area contributed by atoms with Crippen molar-refractivity contribution in [3.8, 4) is 0 Å². The molecule has 28 heavy (non-hydrogen) atoms. The molecule has 0 saturated heterocycles. The van der Waals surface area contributed by atoms with Gasteiger partial charge in [-0.1, -0.05) is 39.8 Å². The Morgan fingerprint density at radius 3 is 2.39 bits per heavy atom. The molecule has 0 N–H and O–H groups in total. The molecule has 2 nitrogen and oxygen atoms in total. The van der Waals surface area contributed by atoms with Crippen LogP contribution >= 0.6 is 0 Å². The topological polar surface area (TPSA) is 26.3 Å². The van der Waals surface area contributed by atoms with Gasteiger partial charge in [0.1, 0.15) is 6.10 Å². The molecule has 5 rings (SSSR count). The summed E-state index contributed by atoms with van der Waals surface area (Å²) in [5.74, 6) is 6.31. The fourth-order valence-electron chi connectivity index (χ4n) is 8.45. The minimum Gasteiger partial charge on any atom is -0.462 e.